The predicted molar refractivity (Wildman–Crippen MR) is 70.6 cm³/mol. The zero-order valence-corrected chi connectivity index (χ0v) is 11.2. The molecule has 18 heavy (non-hydrogen) atoms. The molecule has 0 radical (unpaired) electrons. The molecule has 1 aliphatic rings. The molecule has 0 aromatic heterocycles. The van der Waals surface area contributed by atoms with E-state index in [-0.39, 0.29) is 11.3 Å². The van der Waals surface area contributed by atoms with Gasteiger partial charge >= 0.3 is 5.97 Å². The standard InChI is InChI=1S/C12H12ClNO3S/c1-7(15)14-10(12(16)17)6-18-11(14)8-2-4-9(13)5-3-8/h2-5,10-11H,6H2,1H3,(H,16,17)/t10-,11-/m0/s1. The van der Waals surface area contributed by atoms with Gasteiger partial charge in [0.2, 0.25) is 5.91 Å². The van der Waals surface area contributed by atoms with E-state index in [4.69, 9.17) is 16.7 Å². The van der Waals surface area contributed by atoms with Crippen LogP contribution in [0.1, 0.15) is 17.9 Å². The van der Waals surface area contributed by atoms with Gasteiger partial charge < -0.3 is 10.0 Å². The van der Waals surface area contributed by atoms with Crippen LogP contribution >= 0.6 is 23.4 Å². The largest absolute Gasteiger partial charge is 0.480 e. The molecule has 1 N–H and O–H groups in total. The van der Waals surface area contributed by atoms with E-state index >= 15 is 0 Å². The number of benzene rings is 1. The Morgan fingerprint density at radius 2 is 2.00 bits per heavy atom. The Bertz CT molecular complexity index is 477. The number of carboxylic acids is 1. The third-order valence-corrected chi connectivity index (χ3v) is 4.38. The van der Waals surface area contributed by atoms with E-state index in [2.05, 4.69) is 0 Å². The van der Waals surface area contributed by atoms with Crippen molar-refractivity contribution in [3.63, 3.8) is 0 Å². The quantitative estimate of drug-likeness (QED) is 0.906. The molecule has 1 aromatic carbocycles. The molecule has 2 rings (SSSR count). The lowest BCUT2D eigenvalue weighted by Crippen LogP contribution is -2.41. The lowest BCUT2D eigenvalue weighted by atomic mass is 10.2. The van der Waals surface area contributed by atoms with Gasteiger partial charge in [0.25, 0.3) is 0 Å². The Morgan fingerprint density at radius 1 is 1.39 bits per heavy atom. The van der Waals surface area contributed by atoms with E-state index < -0.39 is 12.0 Å². The van der Waals surface area contributed by atoms with E-state index in [1.165, 1.54) is 23.6 Å². The summed E-state index contributed by atoms with van der Waals surface area (Å²) in [6.07, 6.45) is 0. The third-order valence-electron chi connectivity index (χ3n) is 2.80. The molecule has 6 heteroatoms. The summed E-state index contributed by atoms with van der Waals surface area (Å²) >= 11 is 7.27. The SMILES string of the molecule is CC(=O)N1[C@H](C(=O)O)CS[C@H]1c1ccc(Cl)cc1. The monoisotopic (exact) mass is 285 g/mol. The summed E-state index contributed by atoms with van der Waals surface area (Å²) in [6, 6.07) is 6.36. The van der Waals surface area contributed by atoms with Crippen LogP contribution in [0.25, 0.3) is 0 Å². The smallest absolute Gasteiger partial charge is 0.327 e. The van der Waals surface area contributed by atoms with Gasteiger partial charge in [0.1, 0.15) is 11.4 Å². The molecule has 1 saturated heterocycles. The van der Waals surface area contributed by atoms with Gasteiger partial charge in [-0.05, 0) is 17.7 Å². The first-order valence-corrected chi connectivity index (χ1v) is 6.82. The van der Waals surface area contributed by atoms with Crippen LogP contribution < -0.4 is 0 Å². The van der Waals surface area contributed by atoms with E-state index in [1.807, 2.05) is 12.1 Å². The van der Waals surface area contributed by atoms with E-state index in [0.717, 1.165) is 5.56 Å². The van der Waals surface area contributed by atoms with E-state index in [0.29, 0.717) is 10.8 Å². The van der Waals surface area contributed by atoms with Crippen LogP contribution in [0, 0.1) is 0 Å². The topological polar surface area (TPSA) is 57.6 Å². The normalized spacial score (nSPS) is 23.1. The van der Waals surface area contributed by atoms with Crippen molar-refractivity contribution in [3.8, 4) is 0 Å². The van der Waals surface area contributed by atoms with Gasteiger partial charge in [0.15, 0.2) is 0 Å². The fraction of sp³-hybridized carbons (Fsp3) is 0.333. The lowest BCUT2D eigenvalue weighted by molar-refractivity contribution is -0.148. The summed E-state index contributed by atoms with van der Waals surface area (Å²) in [4.78, 5) is 24.2. The lowest BCUT2D eigenvalue weighted by Gasteiger charge is -2.26. The minimum atomic E-state index is -0.964. The highest BCUT2D eigenvalue weighted by Gasteiger charge is 2.40. The van der Waals surface area contributed by atoms with Crippen LogP contribution in [-0.4, -0.2) is 33.7 Å². The Labute approximate surface area is 114 Å². The summed E-state index contributed by atoms with van der Waals surface area (Å²) < 4.78 is 0. The zero-order chi connectivity index (χ0) is 13.3. The van der Waals surface area contributed by atoms with Gasteiger partial charge in [-0.2, -0.15) is 0 Å². The predicted octanol–water partition coefficient (Wildman–Crippen LogP) is 2.39. The fourth-order valence-electron chi connectivity index (χ4n) is 1.97. The van der Waals surface area contributed by atoms with Crippen LogP contribution in [0.15, 0.2) is 24.3 Å². The molecule has 1 fully saturated rings. The number of thioether (sulfide) groups is 1. The van der Waals surface area contributed by atoms with E-state index in [9.17, 15) is 9.59 Å². The van der Waals surface area contributed by atoms with Crippen LogP contribution in [0.5, 0.6) is 0 Å². The molecule has 0 saturated carbocycles. The highest BCUT2D eigenvalue weighted by atomic mass is 35.5. The maximum atomic E-state index is 11.6. The molecule has 0 spiro atoms. The molecule has 0 unspecified atom stereocenters. The molecular weight excluding hydrogens is 274 g/mol. The molecule has 96 valence electrons. The first kappa shape index (κ1) is 13.2. The third kappa shape index (κ3) is 2.47. The van der Waals surface area contributed by atoms with Crippen LogP contribution in [0.2, 0.25) is 5.02 Å². The van der Waals surface area contributed by atoms with Crippen LogP contribution in [0.3, 0.4) is 0 Å². The maximum Gasteiger partial charge on any atom is 0.327 e. The van der Waals surface area contributed by atoms with Gasteiger partial charge in [-0.1, -0.05) is 23.7 Å². The highest BCUT2D eigenvalue weighted by molar-refractivity contribution is 7.99. The first-order chi connectivity index (χ1) is 8.50. The Hall–Kier alpha value is -1.20. The summed E-state index contributed by atoms with van der Waals surface area (Å²) in [7, 11) is 0. The van der Waals surface area contributed by atoms with Crippen molar-refractivity contribution in [2.24, 2.45) is 0 Å². The number of halogens is 1. The van der Waals surface area contributed by atoms with Crippen molar-refractivity contribution >= 4 is 35.2 Å². The minimum Gasteiger partial charge on any atom is -0.480 e. The number of amides is 1. The number of rotatable bonds is 2. The molecule has 1 amide bonds. The van der Waals surface area contributed by atoms with Crippen LogP contribution in [0.4, 0.5) is 0 Å². The van der Waals surface area contributed by atoms with Crippen molar-refractivity contribution in [3.05, 3.63) is 34.9 Å². The summed E-state index contributed by atoms with van der Waals surface area (Å²) in [5.41, 5.74) is 0.892. The minimum absolute atomic E-state index is 0.229. The summed E-state index contributed by atoms with van der Waals surface area (Å²) in [6.45, 7) is 1.39. The van der Waals surface area contributed by atoms with Crippen molar-refractivity contribution in [1.82, 2.24) is 4.90 Å². The Morgan fingerprint density at radius 3 is 2.50 bits per heavy atom. The molecular formula is C12H12ClNO3S. The summed E-state index contributed by atoms with van der Waals surface area (Å²) in [5.74, 6) is -0.788. The fourth-order valence-corrected chi connectivity index (χ4v) is 3.56. The van der Waals surface area contributed by atoms with Crippen LogP contribution in [-0.2, 0) is 9.59 Å². The van der Waals surface area contributed by atoms with Gasteiger partial charge in [-0.3, -0.25) is 4.79 Å². The number of nitrogens with zero attached hydrogens (tertiary/aromatic N) is 1. The molecule has 1 aliphatic heterocycles. The summed E-state index contributed by atoms with van der Waals surface area (Å²) in [5, 5.41) is 9.48. The maximum absolute atomic E-state index is 11.6. The van der Waals surface area contributed by atoms with Crippen molar-refractivity contribution in [1.29, 1.82) is 0 Å². The average molecular weight is 286 g/mol. The second-order valence-corrected chi connectivity index (χ2v) is 5.57. The van der Waals surface area contributed by atoms with Crippen molar-refractivity contribution in [2.45, 2.75) is 18.3 Å². The molecule has 2 atom stereocenters. The Kier molecular flexibility index (Phi) is 3.82. The number of hydrogen-bond acceptors (Lipinski definition) is 3. The number of carbonyl (C=O) groups is 2. The second kappa shape index (κ2) is 5.20. The average Bonchev–Trinajstić information content (AvgIpc) is 2.74. The van der Waals surface area contributed by atoms with Gasteiger partial charge in [0.05, 0.1) is 0 Å². The second-order valence-electron chi connectivity index (χ2n) is 4.02. The van der Waals surface area contributed by atoms with Crippen molar-refractivity contribution < 1.29 is 14.7 Å². The molecule has 1 heterocycles. The Balaban J connectivity index is 2.30. The molecule has 0 bridgehead atoms. The number of aliphatic carboxylic acids is 1. The van der Waals surface area contributed by atoms with Crippen molar-refractivity contribution in [2.75, 3.05) is 5.75 Å². The number of carbonyl (C=O) groups excluding carboxylic acids is 1. The first-order valence-electron chi connectivity index (χ1n) is 5.39. The highest BCUT2D eigenvalue weighted by Crippen LogP contribution is 2.41. The molecule has 1 aromatic rings. The number of hydrogen-bond donors (Lipinski definition) is 1. The molecule has 4 nitrogen and oxygen atoms in total. The molecule has 0 aliphatic carbocycles. The zero-order valence-electron chi connectivity index (χ0n) is 9.67. The van der Waals surface area contributed by atoms with Gasteiger partial charge in [-0.25, -0.2) is 4.79 Å². The van der Waals surface area contributed by atoms with Gasteiger partial charge in [-0.15, -0.1) is 11.8 Å². The number of carboxylic acid groups (broad SMARTS) is 1. The van der Waals surface area contributed by atoms with Gasteiger partial charge in [0, 0.05) is 17.7 Å². The van der Waals surface area contributed by atoms with E-state index in [1.54, 1.807) is 12.1 Å².